The van der Waals surface area contributed by atoms with Crippen molar-refractivity contribution in [1.82, 2.24) is 10.6 Å². The Hall–Kier alpha value is -1.26. The molecule has 0 radical (unpaired) electrons. The lowest BCUT2D eigenvalue weighted by atomic mass is 10.1. The number of anilines is 1. The van der Waals surface area contributed by atoms with Crippen LogP contribution in [0.3, 0.4) is 0 Å². The highest BCUT2D eigenvalue weighted by atomic mass is 16.5. The number of hydrogen-bond acceptors (Lipinski definition) is 4. The molecule has 1 aromatic carbocycles. The third-order valence-electron chi connectivity index (χ3n) is 3.16. The molecule has 0 bridgehead atoms. The second-order valence-electron chi connectivity index (χ2n) is 4.50. The summed E-state index contributed by atoms with van der Waals surface area (Å²) in [5, 5.41) is 6.55. The predicted molar refractivity (Wildman–Crippen MR) is 75.5 cm³/mol. The summed E-state index contributed by atoms with van der Waals surface area (Å²) in [6.45, 7) is 7.81. The maximum atomic E-state index is 5.79. The predicted octanol–water partition coefficient (Wildman–Crippen LogP) is 1.21. The third-order valence-corrected chi connectivity index (χ3v) is 3.16. The molecular weight excluding hydrogens is 226 g/mol. The molecule has 18 heavy (non-hydrogen) atoms. The second-order valence-corrected chi connectivity index (χ2v) is 4.50. The van der Waals surface area contributed by atoms with E-state index in [2.05, 4.69) is 33.7 Å². The molecule has 1 aliphatic heterocycles. The van der Waals surface area contributed by atoms with Crippen molar-refractivity contribution in [3.8, 4) is 5.75 Å². The highest BCUT2D eigenvalue weighted by Crippen LogP contribution is 2.30. The molecule has 2 rings (SSSR count). The van der Waals surface area contributed by atoms with Gasteiger partial charge in [-0.1, -0.05) is 6.07 Å². The lowest BCUT2D eigenvalue weighted by Crippen LogP contribution is -2.43. The molecule has 2 N–H and O–H groups in total. The molecule has 4 heteroatoms. The van der Waals surface area contributed by atoms with Crippen LogP contribution in [0.5, 0.6) is 5.75 Å². The number of rotatable bonds is 5. The standard InChI is InChI=1S/C14H23N3O/c1-3-18-14-10-12(11-15-2)4-5-13(14)17-8-6-16-7-9-17/h4-5,10,15-16H,3,6-9,11H2,1-2H3. The van der Waals surface area contributed by atoms with E-state index in [4.69, 9.17) is 4.74 Å². The lowest BCUT2D eigenvalue weighted by molar-refractivity contribution is 0.339. The Morgan fingerprint density at radius 3 is 2.78 bits per heavy atom. The number of benzene rings is 1. The highest BCUT2D eigenvalue weighted by molar-refractivity contribution is 5.60. The lowest BCUT2D eigenvalue weighted by Gasteiger charge is -2.31. The summed E-state index contributed by atoms with van der Waals surface area (Å²) in [6, 6.07) is 6.51. The fourth-order valence-corrected chi connectivity index (χ4v) is 2.31. The second kappa shape index (κ2) is 6.61. The molecule has 100 valence electrons. The first-order valence-electron chi connectivity index (χ1n) is 6.71. The number of hydrogen-bond donors (Lipinski definition) is 2. The zero-order valence-corrected chi connectivity index (χ0v) is 11.3. The molecule has 0 amide bonds. The molecule has 1 saturated heterocycles. The molecule has 0 saturated carbocycles. The van der Waals surface area contributed by atoms with Gasteiger partial charge in [0.1, 0.15) is 5.75 Å². The van der Waals surface area contributed by atoms with Crippen LogP contribution in [-0.4, -0.2) is 39.8 Å². The fourth-order valence-electron chi connectivity index (χ4n) is 2.31. The average molecular weight is 249 g/mol. The van der Waals surface area contributed by atoms with E-state index < -0.39 is 0 Å². The summed E-state index contributed by atoms with van der Waals surface area (Å²) in [5.41, 5.74) is 2.48. The molecule has 0 atom stereocenters. The van der Waals surface area contributed by atoms with Crippen molar-refractivity contribution in [2.75, 3.05) is 44.7 Å². The Morgan fingerprint density at radius 2 is 2.11 bits per heavy atom. The first-order valence-corrected chi connectivity index (χ1v) is 6.71. The zero-order chi connectivity index (χ0) is 12.8. The van der Waals surface area contributed by atoms with E-state index in [0.29, 0.717) is 6.61 Å². The van der Waals surface area contributed by atoms with E-state index in [9.17, 15) is 0 Å². The van der Waals surface area contributed by atoms with Gasteiger partial charge in [0.2, 0.25) is 0 Å². The number of piperazine rings is 1. The van der Waals surface area contributed by atoms with Gasteiger partial charge in [-0.15, -0.1) is 0 Å². The smallest absolute Gasteiger partial charge is 0.142 e. The van der Waals surface area contributed by atoms with Gasteiger partial charge >= 0.3 is 0 Å². The summed E-state index contributed by atoms with van der Waals surface area (Å²) in [4.78, 5) is 2.39. The normalized spacial score (nSPS) is 15.8. The number of ether oxygens (including phenoxy) is 1. The van der Waals surface area contributed by atoms with Gasteiger partial charge in [0.15, 0.2) is 0 Å². The Bertz CT molecular complexity index is 375. The van der Waals surface area contributed by atoms with Gasteiger partial charge < -0.3 is 20.3 Å². The maximum Gasteiger partial charge on any atom is 0.142 e. The van der Waals surface area contributed by atoms with Gasteiger partial charge in [-0.25, -0.2) is 0 Å². The molecule has 0 unspecified atom stereocenters. The SMILES string of the molecule is CCOc1cc(CNC)ccc1N1CCNCC1. The van der Waals surface area contributed by atoms with E-state index >= 15 is 0 Å². The summed E-state index contributed by atoms with van der Waals surface area (Å²) in [6.07, 6.45) is 0. The van der Waals surface area contributed by atoms with E-state index in [-0.39, 0.29) is 0 Å². The van der Waals surface area contributed by atoms with E-state index in [1.54, 1.807) is 0 Å². The molecule has 4 nitrogen and oxygen atoms in total. The van der Waals surface area contributed by atoms with Crippen molar-refractivity contribution < 1.29 is 4.74 Å². The molecule has 1 heterocycles. The molecule has 0 aliphatic carbocycles. The minimum atomic E-state index is 0.710. The van der Waals surface area contributed by atoms with E-state index in [1.807, 2.05) is 14.0 Å². The van der Waals surface area contributed by atoms with Gasteiger partial charge in [0, 0.05) is 32.7 Å². The highest BCUT2D eigenvalue weighted by Gasteiger charge is 2.15. The molecular formula is C14H23N3O. The maximum absolute atomic E-state index is 5.79. The van der Waals surface area contributed by atoms with Crippen LogP contribution in [0.1, 0.15) is 12.5 Å². The molecule has 1 aromatic rings. The minimum absolute atomic E-state index is 0.710. The summed E-state index contributed by atoms with van der Waals surface area (Å²) in [5.74, 6) is 1.01. The zero-order valence-electron chi connectivity index (χ0n) is 11.3. The number of nitrogens with one attached hydrogen (secondary N) is 2. The van der Waals surface area contributed by atoms with E-state index in [1.165, 1.54) is 11.3 Å². The number of nitrogens with zero attached hydrogens (tertiary/aromatic N) is 1. The van der Waals surface area contributed by atoms with Crippen LogP contribution in [0.15, 0.2) is 18.2 Å². The van der Waals surface area contributed by atoms with Crippen molar-refractivity contribution in [3.63, 3.8) is 0 Å². The Morgan fingerprint density at radius 1 is 1.33 bits per heavy atom. The van der Waals surface area contributed by atoms with Gasteiger partial charge in [0.05, 0.1) is 12.3 Å². The summed E-state index contributed by atoms with van der Waals surface area (Å²) in [7, 11) is 1.96. The van der Waals surface area contributed by atoms with Crippen LogP contribution in [0.4, 0.5) is 5.69 Å². The van der Waals surface area contributed by atoms with Gasteiger partial charge in [-0.2, -0.15) is 0 Å². The first-order chi connectivity index (χ1) is 8.85. The van der Waals surface area contributed by atoms with Crippen LogP contribution in [0, 0.1) is 0 Å². The Labute approximate surface area is 109 Å². The molecule has 0 spiro atoms. The average Bonchev–Trinajstić information content (AvgIpc) is 2.41. The van der Waals surface area contributed by atoms with Gasteiger partial charge in [-0.05, 0) is 31.7 Å². The molecule has 1 fully saturated rings. The Kier molecular flexibility index (Phi) is 4.84. The molecule has 1 aliphatic rings. The quantitative estimate of drug-likeness (QED) is 0.822. The summed E-state index contributed by atoms with van der Waals surface area (Å²) >= 11 is 0. The van der Waals surface area contributed by atoms with Gasteiger partial charge in [0.25, 0.3) is 0 Å². The van der Waals surface area contributed by atoms with Gasteiger partial charge in [-0.3, -0.25) is 0 Å². The van der Waals surface area contributed by atoms with Crippen LogP contribution < -0.4 is 20.3 Å². The van der Waals surface area contributed by atoms with E-state index in [0.717, 1.165) is 38.5 Å². The van der Waals surface area contributed by atoms with Crippen molar-refractivity contribution in [3.05, 3.63) is 23.8 Å². The minimum Gasteiger partial charge on any atom is -0.492 e. The van der Waals surface area contributed by atoms with Crippen LogP contribution >= 0.6 is 0 Å². The van der Waals surface area contributed by atoms with Crippen LogP contribution in [0.25, 0.3) is 0 Å². The Balaban J connectivity index is 2.21. The van der Waals surface area contributed by atoms with Crippen LogP contribution in [0.2, 0.25) is 0 Å². The summed E-state index contributed by atoms with van der Waals surface area (Å²) < 4.78 is 5.79. The largest absolute Gasteiger partial charge is 0.492 e. The monoisotopic (exact) mass is 249 g/mol. The van der Waals surface area contributed by atoms with Crippen molar-refractivity contribution in [1.29, 1.82) is 0 Å². The topological polar surface area (TPSA) is 36.5 Å². The van der Waals surface area contributed by atoms with Crippen molar-refractivity contribution >= 4 is 5.69 Å². The van der Waals surface area contributed by atoms with Crippen molar-refractivity contribution in [2.45, 2.75) is 13.5 Å². The van der Waals surface area contributed by atoms with Crippen LogP contribution in [-0.2, 0) is 6.54 Å². The molecule has 0 aromatic heterocycles. The first kappa shape index (κ1) is 13.2. The fraction of sp³-hybridized carbons (Fsp3) is 0.571. The third kappa shape index (κ3) is 3.15. The van der Waals surface area contributed by atoms with Crippen molar-refractivity contribution in [2.24, 2.45) is 0 Å².